The summed E-state index contributed by atoms with van der Waals surface area (Å²) in [5.41, 5.74) is 1.61. The molecule has 1 heterocycles. The molecule has 0 radical (unpaired) electrons. The highest BCUT2D eigenvalue weighted by atomic mass is 35.5. The SMILES string of the molecule is CC(C)C(=O)Nc1cccc(OC(Cc2cc(Cl)cc(Cl)c2)c2ncc[nH]2)c1. The van der Waals surface area contributed by atoms with E-state index in [0.29, 0.717) is 33.7 Å². The predicted molar refractivity (Wildman–Crippen MR) is 112 cm³/mol. The van der Waals surface area contributed by atoms with E-state index in [1.165, 1.54) is 0 Å². The summed E-state index contributed by atoms with van der Waals surface area (Å²) in [4.78, 5) is 19.4. The smallest absolute Gasteiger partial charge is 0.226 e. The van der Waals surface area contributed by atoms with E-state index >= 15 is 0 Å². The maximum absolute atomic E-state index is 11.9. The van der Waals surface area contributed by atoms with Crippen LogP contribution in [-0.4, -0.2) is 15.9 Å². The average Bonchev–Trinajstić information content (AvgIpc) is 3.15. The zero-order valence-electron chi connectivity index (χ0n) is 15.6. The lowest BCUT2D eigenvalue weighted by atomic mass is 10.1. The lowest BCUT2D eigenvalue weighted by Crippen LogP contribution is -2.18. The lowest BCUT2D eigenvalue weighted by Gasteiger charge is -2.18. The molecule has 3 rings (SSSR count). The van der Waals surface area contributed by atoms with Crippen molar-refractivity contribution in [3.8, 4) is 5.75 Å². The van der Waals surface area contributed by atoms with Gasteiger partial charge in [0, 0.05) is 46.5 Å². The summed E-state index contributed by atoms with van der Waals surface area (Å²) in [6.07, 6.45) is 3.57. The largest absolute Gasteiger partial charge is 0.482 e. The number of imidazole rings is 1. The Hall–Kier alpha value is -2.50. The molecule has 1 atom stereocenters. The van der Waals surface area contributed by atoms with E-state index in [1.807, 2.05) is 44.2 Å². The molecule has 146 valence electrons. The monoisotopic (exact) mass is 417 g/mol. The molecule has 2 N–H and O–H groups in total. The Morgan fingerprint density at radius 3 is 2.57 bits per heavy atom. The fourth-order valence-electron chi connectivity index (χ4n) is 2.69. The topological polar surface area (TPSA) is 67.0 Å². The molecule has 1 amide bonds. The molecule has 2 aromatic carbocycles. The van der Waals surface area contributed by atoms with Crippen LogP contribution in [0.25, 0.3) is 0 Å². The second kappa shape index (κ2) is 9.13. The van der Waals surface area contributed by atoms with Crippen LogP contribution in [0.15, 0.2) is 54.9 Å². The molecule has 0 aliphatic carbocycles. The van der Waals surface area contributed by atoms with Crippen LogP contribution in [0.3, 0.4) is 0 Å². The fraction of sp³-hybridized carbons (Fsp3) is 0.238. The number of anilines is 1. The molecule has 0 bridgehead atoms. The van der Waals surface area contributed by atoms with Crippen molar-refractivity contribution < 1.29 is 9.53 Å². The third-order valence-corrected chi connectivity index (χ3v) is 4.51. The van der Waals surface area contributed by atoms with E-state index in [-0.39, 0.29) is 17.9 Å². The van der Waals surface area contributed by atoms with Crippen LogP contribution < -0.4 is 10.1 Å². The minimum atomic E-state index is -0.374. The summed E-state index contributed by atoms with van der Waals surface area (Å²) in [5.74, 6) is 1.16. The summed E-state index contributed by atoms with van der Waals surface area (Å²) >= 11 is 12.2. The molecule has 0 aliphatic heterocycles. The molecule has 0 fully saturated rings. The Morgan fingerprint density at radius 1 is 1.18 bits per heavy atom. The Bertz CT molecular complexity index is 922. The van der Waals surface area contributed by atoms with Gasteiger partial charge in [-0.25, -0.2) is 4.98 Å². The van der Waals surface area contributed by atoms with Crippen molar-refractivity contribution in [2.45, 2.75) is 26.4 Å². The van der Waals surface area contributed by atoms with Crippen molar-refractivity contribution in [1.29, 1.82) is 0 Å². The van der Waals surface area contributed by atoms with Gasteiger partial charge in [0.1, 0.15) is 11.6 Å². The van der Waals surface area contributed by atoms with Crippen molar-refractivity contribution in [2.24, 2.45) is 5.92 Å². The standard InChI is InChI=1S/C21H21Cl2N3O2/c1-13(2)21(27)26-17-4-3-5-18(12-17)28-19(20-24-6-7-25-20)10-14-8-15(22)11-16(23)9-14/h3-9,11-13,19H,10H2,1-2H3,(H,24,25)(H,26,27). The molecule has 7 heteroatoms. The zero-order valence-corrected chi connectivity index (χ0v) is 17.1. The molecule has 0 saturated carbocycles. The van der Waals surface area contributed by atoms with Crippen molar-refractivity contribution in [2.75, 3.05) is 5.32 Å². The van der Waals surface area contributed by atoms with Crippen molar-refractivity contribution in [1.82, 2.24) is 9.97 Å². The number of amides is 1. The maximum Gasteiger partial charge on any atom is 0.226 e. The van der Waals surface area contributed by atoms with Crippen molar-refractivity contribution >= 4 is 34.8 Å². The number of hydrogen-bond donors (Lipinski definition) is 2. The van der Waals surface area contributed by atoms with Crippen LogP contribution in [0, 0.1) is 5.92 Å². The molecule has 0 aliphatic rings. The Morgan fingerprint density at radius 2 is 1.93 bits per heavy atom. The molecule has 5 nitrogen and oxygen atoms in total. The quantitative estimate of drug-likeness (QED) is 0.519. The third-order valence-electron chi connectivity index (χ3n) is 4.07. The summed E-state index contributed by atoms with van der Waals surface area (Å²) in [5, 5.41) is 4.01. The first-order valence-electron chi connectivity index (χ1n) is 8.92. The number of carbonyl (C=O) groups is 1. The first-order chi connectivity index (χ1) is 13.4. The van der Waals surface area contributed by atoms with Gasteiger partial charge in [0.2, 0.25) is 5.91 Å². The van der Waals surface area contributed by atoms with Gasteiger partial charge in [0.05, 0.1) is 0 Å². The lowest BCUT2D eigenvalue weighted by molar-refractivity contribution is -0.118. The van der Waals surface area contributed by atoms with Crippen LogP contribution in [0.1, 0.15) is 31.3 Å². The van der Waals surface area contributed by atoms with Crippen LogP contribution in [-0.2, 0) is 11.2 Å². The molecule has 0 spiro atoms. The number of nitrogens with one attached hydrogen (secondary N) is 2. The predicted octanol–water partition coefficient (Wildman–Crippen LogP) is 5.67. The van der Waals surface area contributed by atoms with Gasteiger partial charge >= 0.3 is 0 Å². The van der Waals surface area contributed by atoms with Crippen LogP contribution in [0.4, 0.5) is 5.69 Å². The van der Waals surface area contributed by atoms with Gasteiger partial charge in [-0.2, -0.15) is 0 Å². The number of H-pyrrole nitrogens is 1. The summed E-state index contributed by atoms with van der Waals surface area (Å²) < 4.78 is 6.19. The van der Waals surface area contributed by atoms with Gasteiger partial charge in [0.25, 0.3) is 0 Å². The first kappa shape index (κ1) is 20.2. The number of benzene rings is 2. The highest BCUT2D eigenvalue weighted by molar-refractivity contribution is 6.34. The van der Waals surface area contributed by atoms with E-state index in [9.17, 15) is 4.79 Å². The summed E-state index contributed by atoms with van der Waals surface area (Å²) in [6, 6.07) is 12.7. The second-order valence-corrected chi connectivity index (χ2v) is 7.61. The molecule has 1 aromatic heterocycles. The normalized spacial score (nSPS) is 12.0. The van der Waals surface area contributed by atoms with E-state index in [2.05, 4.69) is 15.3 Å². The molecule has 0 saturated heterocycles. The van der Waals surface area contributed by atoms with Gasteiger partial charge in [-0.05, 0) is 35.9 Å². The minimum absolute atomic E-state index is 0.0479. The highest BCUT2D eigenvalue weighted by Crippen LogP contribution is 2.28. The Balaban J connectivity index is 1.81. The first-order valence-corrected chi connectivity index (χ1v) is 9.68. The number of aromatic nitrogens is 2. The molecule has 3 aromatic rings. The van der Waals surface area contributed by atoms with Crippen LogP contribution in [0.2, 0.25) is 10.0 Å². The summed E-state index contributed by atoms with van der Waals surface area (Å²) in [7, 11) is 0. The maximum atomic E-state index is 11.9. The zero-order chi connectivity index (χ0) is 20.1. The molecular weight excluding hydrogens is 397 g/mol. The number of nitrogens with zero attached hydrogens (tertiary/aromatic N) is 1. The fourth-order valence-corrected chi connectivity index (χ4v) is 3.26. The van der Waals surface area contributed by atoms with E-state index in [1.54, 1.807) is 24.5 Å². The number of hydrogen-bond acceptors (Lipinski definition) is 3. The van der Waals surface area contributed by atoms with Crippen LogP contribution in [0.5, 0.6) is 5.75 Å². The second-order valence-electron chi connectivity index (χ2n) is 6.73. The third kappa shape index (κ3) is 5.50. The number of aromatic amines is 1. The van der Waals surface area contributed by atoms with Gasteiger partial charge in [-0.15, -0.1) is 0 Å². The van der Waals surface area contributed by atoms with Gasteiger partial charge in [-0.3, -0.25) is 4.79 Å². The highest BCUT2D eigenvalue weighted by Gasteiger charge is 2.18. The van der Waals surface area contributed by atoms with E-state index < -0.39 is 0 Å². The molecule has 28 heavy (non-hydrogen) atoms. The molecule has 1 unspecified atom stereocenters. The number of rotatable bonds is 7. The average molecular weight is 418 g/mol. The van der Waals surface area contributed by atoms with Gasteiger partial charge < -0.3 is 15.0 Å². The van der Waals surface area contributed by atoms with Crippen molar-refractivity contribution in [3.63, 3.8) is 0 Å². The Labute approximate surface area is 174 Å². The molecular formula is C21H21Cl2N3O2. The van der Waals surface area contributed by atoms with E-state index in [0.717, 1.165) is 5.56 Å². The number of halogens is 2. The van der Waals surface area contributed by atoms with Gasteiger partial charge in [-0.1, -0.05) is 43.1 Å². The van der Waals surface area contributed by atoms with Crippen LogP contribution >= 0.6 is 23.2 Å². The summed E-state index contributed by atoms with van der Waals surface area (Å²) in [6.45, 7) is 3.69. The number of ether oxygens (including phenoxy) is 1. The minimum Gasteiger partial charge on any atom is -0.482 e. The Kier molecular flexibility index (Phi) is 6.60. The van der Waals surface area contributed by atoms with E-state index in [4.69, 9.17) is 27.9 Å². The van der Waals surface area contributed by atoms with Crippen molar-refractivity contribution in [3.05, 3.63) is 76.3 Å². The number of carbonyl (C=O) groups excluding carboxylic acids is 1. The van der Waals surface area contributed by atoms with Gasteiger partial charge in [0.15, 0.2) is 6.10 Å².